The van der Waals surface area contributed by atoms with Crippen molar-refractivity contribution in [2.45, 2.75) is 44.7 Å². The van der Waals surface area contributed by atoms with Gasteiger partial charge in [0.1, 0.15) is 0 Å². The number of piperidine rings is 1. The van der Waals surface area contributed by atoms with Crippen molar-refractivity contribution in [1.29, 1.82) is 0 Å². The van der Waals surface area contributed by atoms with E-state index in [1.165, 1.54) is 17.7 Å². The molecule has 21 heavy (non-hydrogen) atoms. The molecule has 1 aromatic rings. The van der Waals surface area contributed by atoms with Gasteiger partial charge in [-0.1, -0.05) is 24.6 Å². The molecule has 4 nitrogen and oxygen atoms in total. The first-order chi connectivity index (χ1) is 10.3. The summed E-state index contributed by atoms with van der Waals surface area (Å²) in [6.07, 6.45) is 4.41. The SMILES string of the molecule is CC(CNC(=O)[C@H]1CCCCN1)N1CCc2ccccc21. The van der Waals surface area contributed by atoms with Crippen molar-refractivity contribution in [2.75, 3.05) is 24.5 Å². The van der Waals surface area contributed by atoms with E-state index >= 15 is 0 Å². The van der Waals surface area contributed by atoms with E-state index in [-0.39, 0.29) is 11.9 Å². The third-order valence-electron chi connectivity index (χ3n) is 4.65. The Morgan fingerprint density at radius 3 is 3.10 bits per heavy atom. The molecule has 0 aliphatic carbocycles. The average Bonchev–Trinajstić information content (AvgIpc) is 2.97. The molecule has 0 radical (unpaired) electrons. The van der Waals surface area contributed by atoms with Gasteiger partial charge in [-0.05, 0) is 44.4 Å². The molecule has 0 saturated carbocycles. The number of para-hydroxylation sites is 1. The monoisotopic (exact) mass is 287 g/mol. The average molecular weight is 287 g/mol. The molecule has 2 heterocycles. The van der Waals surface area contributed by atoms with Crippen molar-refractivity contribution >= 4 is 11.6 Å². The number of amides is 1. The summed E-state index contributed by atoms with van der Waals surface area (Å²) in [6, 6.07) is 8.92. The first-order valence-corrected chi connectivity index (χ1v) is 8.11. The minimum atomic E-state index is 0.0109. The van der Waals surface area contributed by atoms with E-state index in [4.69, 9.17) is 0 Å². The molecule has 1 amide bonds. The zero-order chi connectivity index (χ0) is 14.7. The van der Waals surface area contributed by atoms with Crippen LogP contribution in [0.25, 0.3) is 0 Å². The Balaban J connectivity index is 1.53. The molecular weight excluding hydrogens is 262 g/mol. The first-order valence-electron chi connectivity index (χ1n) is 8.11. The van der Waals surface area contributed by atoms with Gasteiger partial charge < -0.3 is 15.5 Å². The van der Waals surface area contributed by atoms with Crippen LogP contribution in [0.5, 0.6) is 0 Å². The molecule has 0 bridgehead atoms. The molecule has 0 aromatic heterocycles. The third kappa shape index (κ3) is 3.21. The van der Waals surface area contributed by atoms with Crippen LogP contribution in [-0.4, -0.2) is 37.6 Å². The summed E-state index contributed by atoms with van der Waals surface area (Å²) in [7, 11) is 0. The highest BCUT2D eigenvalue weighted by Gasteiger charge is 2.25. The van der Waals surface area contributed by atoms with Crippen molar-refractivity contribution < 1.29 is 4.79 Å². The number of carbonyl (C=O) groups is 1. The van der Waals surface area contributed by atoms with E-state index in [2.05, 4.69) is 46.7 Å². The Hall–Kier alpha value is -1.55. The zero-order valence-corrected chi connectivity index (χ0v) is 12.8. The maximum Gasteiger partial charge on any atom is 0.237 e. The zero-order valence-electron chi connectivity index (χ0n) is 12.8. The van der Waals surface area contributed by atoms with Gasteiger partial charge in [-0.25, -0.2) is 0 Å². The van der Waals surface area contributed by atoms with Gasteiger partial charge in [0.15, 0.2) is 0 Å². The second-order valence-electron chi connectivity index (χ2n) is 6.17. The molecule has 1 saturated heterocycles. The van der Waals surface area contributed by atoms with Crippen LogP contribution >= 0.6 is 0 Å². The van der Waals surface area contributed by atoms with Crippen LogP contribution in [-0.2, 0) is 11.2 Å². The number of benzene rings is 1. The summed E-state index contributed by atoms with van der Waals surface area (Å²) in [6.45, 7) is 4.92. The summed E-state index contributed by atoms with van der Waals surface area (Å²) in [5, 5.41) is 6.42. The largest absolute Gasteiger partial charge is 0.366 e. The molecule has 1 fully saturated rings. The Bertz CT molecular complexity index is 497. The number of fused-ring (bicyclic) bond motifs is 1. The van der Waals surface area contributed by atoms with Crippen molar-refractivity contribution in [3.05, 3.63) is 29.8 Å². The van der Waals surface area contributed by atoms with Crippen LogP contribution < -0.4 is 15.5 Å². The molecule has 2 aliphatic rings. The van der Waals surface area contributed by atoms with E-state index in [1.807, 2.05) is 0 Å². The van der Waals surface area contributed by atoms with Crippen molar-refractivity contribution in [3.8, 4) is 0 Å². The van der Waals surface area contributed by atoms with Crippen molar-refractivity contribution in [2.24, 2.45) is 0 Å². The number of anilines is 1. The van der Waals surface area contributed by atoms with Crippen molar-refractivity contribution in [3.63, 3.8) is 0 Å². The van der Waals surface area contributed by atoms with Gasteiger partial charge in [-0.3, -0.25) is 4.79 Å². The molecule has 0 spiro atoms. The maximum atomic E-state index is 12.2. The van der Waals surface area contributed by atoms with E-state index in [0.29, 0.717) is 12.6 Å². The molecule has 2 atom stereocenters. The number of nitrogens with one attached hydrogen (secondary N) is 2. The Labute approximate surface area is 126 Å². The molecule has 1 unspecified atom stereocenters. The highest BCUT2D eigenvalue weighted by molar-refractivity contribution is 5.81. The van der Waals surface area contributed by atoms with Crippen LogP contribution in [0.4, 0.5) is 5.69 Å². The van der Waals surface area contributed by atoms with Crippen LogP contribution in [0.1, 0.15) is 31.7 Å². The summed E-state index contributed by atoms with van der Waals surface area (Å²) >= 11 is 0. The van der Waals surface area contributed by atoms with Crippen LogP contribution in [0.3, 0.4) is 0 Å². The summed E-state index contributed by atoms with van der Waals surface area (Å²) in [5.74, 6) is 0.161. The highest BCUT2D eigenvalue weighted by atomic mass is 16.2. The fourth-order valence-electron chi connectivity index (χ4n) is 3.38. The van der Waals surface area contributed by atoms with Gasteiger partial charge in [0.05, 0.1) is 6.04 Å². The van der Waals surface area contributed by atoms with Gasteiger partial charge >= 0.3 is 0 Å². The minimum Gasteiger partial charge on any atom is -0.366 e. The lowest BCUT2D eigenvalue weighted by Gasteiger charge is -2.29. The second kappa shape index (κ2) is 6.48. The number of hydrogen-bond acceptors (Lipinski definition) is 3. The third-order valence-corrected chi connectivity index (χ3v) is 4.65. The lowest BCUT2D eigenvalue weighted by molar-refractivity contribution is -0.123. The fourth-order valence-corrected chi connectivity index (χ4v) is 3.38. The van der Waals surface area contributed by atoms with E-state index in [1.54, 1.807) is 0 Å². The minimum absolute atomic E-state index is 0.0109. The normalized spacial score (nSPS) is 22.7. The van der Waals surface area contributed by atoms with Gasteiger partial charge in [-0.2, -0.15) is 0 Å². The number of hydrogen-bond donors (Lipinski definition) is 2. The Morgan fingerprint density at radius 2 is 2.29 bits per heavy atom. The van der Waals surface area contributed by atoms with Gasteiger partial charge in [0, 0.05) is 24.8 Å². The Kier molecular flexibility index (Phi) is 4.44. The fraction of sp³-hybridized carbons (Fsp3) is 0.588. The molecule has 2 aliphatic heterocycles. The van der Waals surface area contributed by atoms with Crippen LogP contribution in [0.15, 0.2) is 24.3 Å². The quantitative estimate of drug-likeness (QED) is 0.886. The predicted molar refractivity (Wildman–Crippen MR) is 85.6 cm³/mol. The molecule has 2 N–H and O–H groups in total. The molecule has 3 rings (SSSR count). The second-order valence-corrected chi connectivity index (χ2v) is 6.17. The van der Waals surface area contributed by atoms with E-state index in [9.17, 15) is 4.79 Å². The standard InChI is InChI=1S/C17H25N3O/c1-13(12-19-17(21)15-7-4-5-10-18-15)20-11-9-14-6-2-3-8-16(14)20/h2-3,6,8,13,15,18H,4-5,7,9-12H2,1H3,(H,19,21)/t13?,15-/m1/s1. The van der Waals surface area contributed by atoms with E-state index in [0.717, 1.165) is 32.4 Å². The van der Waals surface area contributed by atoms with Gasteiger partial charge in [0.25, 0.3) is 0 Å². The molecule has 114 valence electrons. The summed E-state index contributed by atoms with van der Waals surface area (Å²) < 4.78 is 0. The van der Waals surface area contributed by atoms with Gasteiger partial charge in [-0.15, -0.1) is 0 Å². The molecule has 4 heteroatoms. The smallest absolute Gasteiger partial charge is 0.237 e. The van der Waals surface area contributed by atoms with Gasteiger partial charge in [0.2, 0.25) is 5.91 Å². The topological polar surface area (TPSA) is 44.4 Å². The molecular formula is C17H25N3O. The number of carbonyl (C=O) groups excluding carboxylic acids is 1. The van der Waals surface area contributed by atoms with Crippen LogP contribution in [0.2, 0.25) is 0 Å². The van der Waals surface area contributed by atoms with E-state index < -0.39 is 0 Å². The lowest BCUT2D eigenvalue weighted by Crippen LogP contribution is -2.50. The highest BCUT2D eigenvalue weighted by Crippen LogP contribution is 2.28. The maximum absolute atomic E-state index is 12.2. The Morgan fingerprint density at radius 1 is 1.43 bits per heavy atom. The lowest BCUT2D eigenvalue weighted by atomic mass is 10.0. The summed E-state index contributed by atoms with van der Waals surface area (Å²) in [4.78, 5) is 14.6. The number of rotatable bonds is 4. The molecule has 1 aromatic carbocycles. The predicted octanol–water partition coefficient (Wildman–Crippen LogP) is 1.70. The first kappa shape index (κ1) is 14.4. The van der Waals surface area contributed by atoms with Crippen molar-refractivity contribution in [1.82, 2.24) is 10.6 Å². The summed E-state index contributed by atoms with van der Waals surface area (Å²) in [5.41, 5.74) is 2.75. The number of nitrogens with zero attached hydrogens (tertiary/aromatic N) is 1. The van der Waals surface area contributed by atoms with Crippen LogP contribution in [0, 0.1) is 0 Å².